The van der Waals surface area contributed by atoms with E-state index < -0.39 is 0 Å². The normalized spacial score (nSPS) is 12.9. The maximum Gasteiger partial charge on any atom is 0.0701 e. The summed E-state index contributed by atoms with van der Waals surface area (Å²) in [5.41, 5.74) is 1.33. The molecule has 0 fully saturated rings. The van der Waals surface area contributed by atoms with E-state index in [2.05, 4.69) is 68.5 Å². The average Bonchev–Trinajstić information content (AvgIpc) is 2.83. The van der Waals surface area contributed by atoms with Crippen LogP contribution in [0.25, 0.3) is 0 Å². The lowest BCUT2D eigenvalue weighted by Gasteiger charge is -2.14. The molecule has 1 N–H and O–H groups in total. The average molecular weight is 395 g/mol. The molecule has 0 aromatic carbocycles. The minimum absolute atomic E-state index is 0.303. The van der Waals surface area contributed by atoms with Crippen LogP contribution in [-0.4, -0.2) is 6.54 Å². The van der Waals surface area contributed by atoms with Crippen LogP contribution in [-0.2, 0) is 0 Å². The van der Waals surface area contributed by atoms with E-state index in [4.69, 9.17) is 0 Å². The molecular formula is C12H13Br2NS2. The Morgan fingerprint density at radius 1 is 1.35 bits per heavy atom. The third-order valence-electron chi connectivity index (χ3n) is 2.49. The van der Waals surface area contributed by atoms with Crippen molar-refractivity contribution in [1.82, 2.24) is 5.32 Å². The van der Waals surface area contributed by atoms with E-state index in [0.29, 0.717) is 6.04 Å². The summed E-state index contributed by atoms with van der Waals surface area (Å²) in [5.74, 6) is 0. The molecule has 2 aromatic heterocycles. The van der Waals surface area contributed by atoms with Crippen molar-refractivity contribution in [1.29, 1.82) is 0 Å². The van der Waals surface area contributed by atoms with E-state index in [-0.39, 0.29) is 0 Å². The molecule has 1 unspecified atom stereocenters. The highest BCUT2D eigenvalue weighted by Crippen LogP contribution is 2.36. The van der Waals surface area contributed by atoms with E-state index in [1.165, 1.54) is 23.6 Å². The molecule has 0 bridgehead atoms. The molecular weight excluding hydrogens is 382 g/mol. The molecule has 0 radical (unpaired) electrons. The van der Waals surface area contributed by atoms with Crippen LogP contribution in [0.3, 0.4) is 0 Å². The lowest BCUT2D eigenvalue weighted by molar-refractivity contribution is 0.641. The van der Waals surface area contributed by atoms with Gasteiger partial charge in [0.1, 0.15) is 0 Å². The van der Waals surface area contributed by atoms with Crippen molar-refractivity contribution < 1.29 is 0 Å². The number of hydrogen-bond donors (Lipinski definition) is 1. The molecule has 17 heavy (non-hydrogen) atoms. The maximum absolute atomic E-state index is 3.59. The maximum atomic E-state index is 3.59. The fourth-order valence-electron chi connectivity index (χ4n) is 1.69. The molecule has 0 amide bonds. The third-order valence-corrected chi connectivity index (χ3v) is 6.21. The SMILES string of the molecule is CCNC(c1csc(Br)c1)c1cc(Br)c(C)s1. The predicted octanol–water partition coefficient (Wildman–Crippen LogP) is 5.34. The molecule has 0 aliphatic heterocycles. The van der Waals surface area contributed by atoms with Crippen LogP contribution in [0.4, 0.5) is 0 Å². The summed E-state index contributed by atoms with van der Waals surface area (Å²) >= 11 is 10.7. The van der Waals surface area contributed by atoms with Gasteiger partial charge in [-0.2, -0.15) is 0 Å². The van der Waals surface area contributed by atoms with Gasteiger partial charge in [-0.15, -0.1) is 22.7 Å². The highest BCUT2D eigenvalue weighted by atomic mass is 79.9. The molecule has 2 heterocycles. The Morgan fingerprint density at radius 3 is 2.59 bits per heavy atom. The second-order valence-electron chi connectivity index (χ2n) is 3.73. The van der Waals surface area contributed by atoms with Crippen molar-refractivity contribution in [2.45, 2.75) is 19.9 Å². The second-order valence-corrected chi connectivity index (χ2v) is 8.16. The molecule has 2 aromatic rings. The highest BCUT2D eigenvalue weighted by Gasteiger charge is 2.17. The van der Waals surface area contributed by atoms with Crippen LogP contribution in [0.5, 0.6) is 0 Å². The molecule has 0 saturated heterocycles. The summed E-state index contributed by atoms with van der Waals surface area (Å²) in [6.45, 7) is 5.25. The van der Waals surface area contributed by atoms with Crippen molar-refractivity contribution in [2.75, 3.05) is 6.54 Å². The number of hydrogen-bond acceptors (Lipinski definition) is 3. The van der Waals surface area contributed by atoms with Gasteiger partial charge >= 0.3 is 0 Å². The summed E-state index contributed by atoms with van der Waals surface area (Å²) in [5, 5.41) is 5.75. The van der Waals surface area contributed by atoms with Gasteiger partial charge in [0.2, 0.25) is 0 Å². The first kappa shape index (κ1) is 13.7. The Kier molecular flexibility index (Phi) is 4.83. The number of nitrogens with one attached hydrogen (secondary N) is 1. The van der Waals surface area contributed by atoms with Crippen LogP contribution in [0.15, 0.2) is 25.8 Å². The van der Waals surface area contributed by atoms with Crippen LogP contribution < -0.4 is 5.32 Å². The summed E-state index contributed by atoms with van der Waals surface area (Å²) in [4.78, 5) is 2.69. The van der Waals surface area contributed by atoms with Gasteiger partial charge in [-0.3, -0.25) is 0 Å². The number of halogens is 2. The van der Waals surface area contributed by atoms with Crippen LogP contribution in [0.1, 0.15) is 28.3 Å². The quantitative estimate of drug-likeness (QED) is 0.737. The van der Waals surface area contributed by atoms with Crippen LogP contribution in [0, 0.1) is 6.92 Å². The topological polar surface area (TPSA) is 12.0 Å². The Bertz CT molecular complexity index is 485. The van der Waals surface area contributed by atoms with Crippen molar-refractivity contribution in [3.8, 4) is 0 Å². The van der Waals surface area contributed by atoms with Gasteiger partial charge in [-0.25, -0.2) is 0 Å². The largest absolute Gasteiger partial charge is 0.306 e. The van der Waals surface area contributed by atoms with Gasteiger partial charge in [0.05, 0.1) is 9.83 Å². The van der Waals surface area contributed by atoms with Crippen molar-refractivity contribution in [3.63, 3.8) is 0 Å². The lowest BCUT2D eigenvalue weighted by atomic mass is 10.1. The minimum Gasteiger partial charge on any atom is -0.306 e. The monoisotopic (exact) mass is 393 g/mol. The summed E-state index contributed by atoms with van der Waals surface area (Å²) in [7, 11) is 0. The van der Waals surface area contributed by atoms with Gasteiger partial charge in [-0.1, -0.05) is 6.92 Å². The van der Waals surface area contributed by atoms with Crippen molar-refractivity contribution in [2.24, 2.45) is 0 Å². The van der Waals surface area contributed by atoms with Gasteiger partial charge in [0.15, 0.2) is 0 Å². The van der Waals surface area contributed by atoms with Gasteiger partial charge in [0, 0.05) is 14.2 Å². The van der Waals surface area contributed by atoms with E-state index in [1.807, 2.05) is 11.3 Å². The first-order valence-corrected chi connectivity index (χ1v) is 8.63. The van der Waals surface area contributed by atoms with Crippen LogP contribution >= 0.6 is 54.5 Å². The zero-order chi connectivity index (χ0) is 12.4. The third kappa shape index (κ3) is 3.20. The van der Waals surface area contributed by atoms with E-state index >= 15 is 0 Å². The minimum atomic E-state index is 0.303. The standard InChI is InChI=1S/C12H13Br2NS2/c1-3-15-12(8-4-11(14)16-6-8)10-5-9(13)7(2)17-10/h4-6,12,15H,3H2,1-2H3. The zero-order valence-electron chi connectivity index (χ0n) is 9.59. The Morgan fingerprint density at radius 2 is 2.12 bits per heavy atom. The molecule has 0 aliphatic rings. The first-order chi connectivity index (χ1) is 8.11. The molecule has 0 aliphatic carbocycles. The van der Waals surface area contributed by atoms with E-state index in [0.717, 1.165) is 6.54 Å². The molecule has 1 nitrogen and oxygen atoms in total. The smallest absolute Gasteiger partial charge is 0.0701 e. The Balaban J connectivity index is 2.34. The molecule has 1 atom stereocenters. The van der Waals surface area contributed by atoms with Gasteiger partial charge < -0.3 is 5.32 Å². The number of thiophene rings is 2. The van der Waals surface area contributed by atoms with E-state index in [1.54, 1.807) is 11.3 Å². The van der Waals surface area contributed by atoms with Crippen LogP contribution in [0.2, 0.25) is 0 Å². The summed E-state index contributed by atoms with van der Waals surface area (Å²) < 4.78 is 2.39. The highest BCUT2D eigenvalue weighted by molar-refractivity contribution is 9.11. The molecule has 92 valence electrons. The van der Waals surface area contributed by atoms with Crippen molar-refractivity contribution >= 4 is 54.5 Å². The molecule has 0 saturated carbocycles. The zero-order valence-corrected chi connectivity index (χ0v) is 14.4. The fourth-order valence-corrected chi connectivity index (χ4v) is 4.55. The van der Waals surface area contributed by atoms with Gasteiger partial charge in [-0.05, 0) is 68.4 Å². The molecule has 2 rings (SSSR count). The molecule has 0 spiro atoms. The number of rotatable bonds is 4. The molecule has 5 heteroatoms. The summed E-state index contributed by atoms with van der Waals surface area (Å²) in [6, 6.07) is 4.72. The lowest BCUT2D eigenvalue weighted by Crippen LogP contribution is -2.20. The summed E-state index contributed by atoms with van der Waals surface area (Å²) in [6.07, 6.45) is 0. The predicted molar refractivity (Wildman–Crippen MR) is 84.3 cm³/mol. The second kappa shape index (κ2) is 5.97. The fraction of sp³-hybridized carbons (Fsp3) is 0.333. The number of aryl methyl sites for hydroxylation is 1. The first-order valence-electron chi connectivity index (χ1n) is 5.35. The van der Waals surface area contributed by atoms with Gasteiger partial charge in [0.25, 0.3) is 0 Å². The van der Waals surface area contributed by atoms with E-state index in [9.17, 15) is 0 Å². The Hall–Kier alpha value is 0.320. The Labute approximate surface area is 127 Å². The van der Waals surface area contributed by atoms with Crippen molar-refractivity contribution in [3.05, 3.63) is 41.1 Å².